The van der Waals surface area contributed by atoms with Gasteiger partial charge in [0, 0.05) is 24.4 Å². The molecule has 2 aromatic rings. The van der Waals surface area contributed by atoms with Crippen LogP contribution in [-0.4, -0.2) is 23.2 Å². The van der Waals surface area contributed by atoms with Crippen LogP contribution in [0.4, 0.5) is 4.79 Å². The van der Waals surface area contributed by atoms with Crippen molar-refractivity contribution in [2.24, 2.45) is 0 Å². The van der Waals surface area contributed by atoms with Crippen LogP contribution in [0.1, 0.15) is 58.2 Å². The highest BCUT2D eigenvalue weighted by Gasteiger charge is 2.26. The van der Waals surface area contributed by atoms with Crippen molar-refractivity contribution in [1.29, 1.82) is 0 Å². The lowest BCUT2D eigenvalue weighted by Gasteiger charge is -2.29. The molecule has 1 amide bonds. The SMILES string of the molecule is CC(=O)Oc1cccc(CC(C)(C)NC(=O)OC(C)(C)C)c1Cc1ccccc1. The van der Waals surface area contributed by atoms with Gasteiger partial charge in [-0.15, -0.1) is 0 Å². The number of hydrogen-bond donors (Lipinski definition) is 1. The predicted molar refractivity (Wildman–Crippen MR) is 114 cm³/mol. The third kappa shape index (κ3) is 7.60. The van der Waals surface area contributed by atoms with Crippen LogP contribution in [0.5, 0.6) is 5.75 Å². The van der Waals surface area contributed by atoms with Crippen LogP contribution in [0.3, 0.4) is 0 Å². The summed E-state index contributed by atoms with van der Waals surface area (Å²) in [6.45, 7) is 10.8. The van der Waals surface area contributed by atoms with Gasteiger partial charge < -0.3 is 14.8 Å². The molecule has 0 radical (unpaired) electrons. The molecule has 0 atom stereocenters. The molecule has 0 spiro atoms. The molecule has 0 aliphatic heterocycles. The second-order valence-electron chi connectivity index (χ2n) is 8.84. The van der Waals surface area contributed by atoms with Crippen molar-refractivity contribution in [1.82, 2.24) is 5.32 Å². The van der Waals surface area contributed by atoms with Gasteiger partial charge in [-0.3, -0.25) is 4.79 Å². The molecule has 5 heteroatoms. The van der Waals surface area contributed by atoms with E-state index >= 15 is 0 Å². The van der Waals surface area contributed by atoms with Gasteiger partial charge in [0.2, 0.25) is 0 Å². The quantitative estimate of drug-likeness (QED) is 0.547. The number of carbonyl (C=O) groups excluding carboxylic acids is 2. The Bertz CT molecular complexity index is 851. The molecular formula is C24H31NO4. The number of ether oxygens (including phenoxy) is 2. The van der Waals surface area contributed by atoms with E-state index in [9.17, 15) is 9.59 Å². The molecule has 0 aromatic heterocycles. The smallest absolute Gasteiger partial charge is 0.408 e. The van der Waals surface area contributed by atoms with Gasteiger partial charge in [-0.2, -0.15) is 0 Å². The van der Waals surface area contributed by atoms with Crippen molar-refractivity contribution in [2.75, 3.05) is 0 Å². The maximum Gasteiger partial charge on any atom is 0.408 e. The van der Waals surface area contributed by atoms with E-state index in [-0.39, 0.29) is 5.97 Å². The second kappa shape index (κ2) is 9.12. The summed E-state index contributed by atoms with van der Waals surface area (Å²) in [5, 5.41) is 2.94. The van der Waals surface area contributed by atoms with Crippen LogP contribution in [0.25, 0.3) is 0 Å². The molecule has 0 aliphatic rings. The average molecular weight is 398 g/mol. The first-order chi connectivity index (χ1) is 13.5. The first-order valence-corrected chi connectivity index (χ1v) is 9.79. The van der Waals surface area contributed by atoms with E-state index in [0.717, 1.165) is 16.7 Å². The Morgan fingerprint density at radius 2 is 1.59 bits per heavy atom. The van der Waals surface area contributed by atoms with Crippen LogP contribution in [0, 0.1) is 0 Å². The summed E-state index contributed by atoms with van der Waals surface area (Å²) in [4.78, 5) is 23.8. The Morgan fingerprint density at radius 1 is 0.931 bits per heavy atom. The Labute approximate surface area is 173 Å². The summed E-state index contributed by atoms with van der Waals surface area (Å²) in [6.07, 6.45) is 0.731. The summed E-state index contributed by atoms with van der Waals surface area (Å²) >= 11 is 0. The number of carbonyl (C=O) groups is 2. The maximum atomic E-state index is 12.3. The fourth-order valence-corrected chi connectivity index (χ4v) is 3.13. The monoisotopic (exact) mass is 397 g/mol. The zero-order chi connectivity index (χ0) is 21.7. The summed E-state index contributed by atoms with van der Waals surface area (Å²) in [5.41, 5.74) is 1.95. The highest BCUT2D eigenvalue weighted by molar-refractivity contribution is 5.70. The molecule has 0 saturated carbocycles. The third-order valence-electron chi connectivity index (χ3n) is 4.18. The fourth-order valence-electron chi connectivity index (χ4n) is 3.13. The van der Waals surface area contributed by atoms with Crippen LogP contribution in [0.2, 0.25) is 0 Å². The predicted octanol–water partition coefficient (Wildman–Crippen LogP) is 5.05. The Morgan fingerprint density at radius 3 is 2.17 bits per heavy atom. The summed E-state index contributed by atoms with van der Waals surface area (Å²) in [6, 6.07) is 15.7. The van der Waals surface area contributed by atoms with Gasteiger partial charge in [0.25, 0.3) is 0 Å². The van der Waals surface area contributed by atoms with Crippen LogP contribution in [0.15, 0.2) is 48.5 Å². The summed E-state index contributed by atoms with van der Waals surface area (Å²) in [7, 11) is 0. The van der Waals surface area contributed by atoms with Crippen LogP contribution < -0.4 is 10.1 Å². The Balaban J connectivity index is 2.30. The molecule has 0 heterocycles. The van der Waals surface area contributed by atoms with E-state index in [1.165, 1.54) is 6.92 Å². The van der Waals surface area contributed by atoms with Crippen molar-refractivity contribution >= 4 is 12.1 Å². The molecular weight excluding hydrogens is 366 g/mol. The lowest BCUT2D eigenvalue weighted by molar-refractivity contribution is -0.131. The molecule has 156 valence electrons. The molecule has 0 saturated heterocycles. The topological polar surface area (TPSA) is 64.6 Å². The first kappa shape index (κ1) is 22.5. The zero-order valence-corrected chi connectivity index (χ0v) is 18.2. The Hall–Kier alpha value is -2.82. The van der Waals surface area contributed by atoms with E-state index in [2.05, 4.69) is 5.32 Å². The summed E-state index contributed by atoms with van der Waals surface area (Å²) < 4.78 is 10.9. The van der Waals surface area contributed by atoms with Gasteiger partial charge in [-0.25, -0.2) is 4.79 Å². The molecule has 0 bridgehead atoms. The van der Waals surface area contributed by atoms with Crippen LogP contribution in [-0.2, 0) is 22.4 Å². The van der Waals surface area contributed by atoms with Gasteiger partial charge >= 0.3 is 12.1 Å². The van der Waals surface area contributed by atoms with E-state index in [1.807, 2.05) is 77.1 Å². The van der Waals surface area contributed by atoms with E-state index < -0.39 is 17.2 Å². The number of benzene rings is 2. The molecule has 29 heavy (non-hydrogen) atoms. The normalized spacial score (nSPS) is 11.7. The largest absolute Gasteiger partial charge is 0.444 e. The van der Waals surface area contributed by atoms with Gasteiger partial charge in [0.1, 0.15) is 11.4 Å². The minimum Gasteiger partial charge on any atom is -0.444 e. The van der Waals surface area contributed by atoms with Crippen molar-refractivity contribution in [3.63, 3.8) is 0 Å². The second-order valence-corrected chi connectivity index (χ2v) is 8.84. The van der Waals surface area contributed by atoms with Gasteiger partial charge in [-0.1, -0.05) is 42.5 Å². The maximum absolute atomic E-state index is 12.3. The standard InChI is InChI=1S/C24H31NO4/c1-17(26)28-21-14-10-13-19(20(21)15-18-11-8-7-9-12-18)16-24(5,6)25-22(27)29-23(2,3)4/h7-14H,15-16H2,1-6H3,(H,25,27). The lowest BCUT2D eigenvalue weighted by Crippen LogP contribution is -2.47. The zero-order valence-electron chi connectivity index (χ0n) is 18.2. The molecule has 2 rings (SSSR count). The summed E-state index contributed by atoms with van der Waals surface area (Å²) in [5.74, 6) is 0.189. The highest BCUT2D eigenvalue weighted by Crippen LogP contribution is 2.28. The number of esters is 1. The van der Waals surface area contributed by atoms with Crippen molar-refractivity contribution in [3.8, 4) is 5.75 Å². The highest BCUT2D eigenvalue weighted by atomic mass is 16.6. The minimum absolute atomic E-state index is 0.359. The fraction of sp³-hybridized carbons (Fsp3) is 0.417. The number of rotatable bonds is 6. The van der Waals surface area contributed by atoms with E-state index in [1.54, 1.807) is 6.07 Å². The Kier molecular flexibility index (Phi) is 7.07. The van der Waals surface area contributed by atoms with Crippen LogP contribution >= 0.6 is 0 Å². The molecule has 2 aromatic carbocycles. The van der Waals surface area contributed by atoms with E-state index in [4.69, 9.17) is 9.47 Å². The molecule has 0 aliphatic carbocycles. The molecule has 0 unspecified atom stereocenters. The number of nitrogens with one attached hydrogen (secondary N) is 1. The first-order valence-electron chi connectivity index (χ1n) is 9.79. The number of amides is 1. The molecule has 0 fully saturated rings. The third-order valence-corrected chi connectivity index (χ3v) is 4.18. The van der Waals surface area contributed by atoms with Crippen molar-refractivity contribution in [2.45, 2.75) is 65.5 Å². The van der Waals surface area contributed by atoms with Gasteiger partial charge in [-0.05, 0) is 58.2 Å². The minimum atomic E-state index is -0.562. The van der Waals surface area contributed by atoms with Gasteiger partial charge in [0.05, 0.1) is 0 Å². The molecule has 1 N–H and O–H groups in total. The van der Waals surface area contributed by atoms with Crippen molar-refractivity contribution < 1.29 is 19.1 Å². The van der Waals surface area contributed by atoms with Gasteiger partial charge in [0.15, 0.2) is 0 Å². The number of alkyl carbamates (subject to hydrolysis) is 1. The average Bonchev–Trinajstić information content (AvgIpc) is 2.55. The molecule has 5 nitrogen and oxygen atoms in total. The number of hydrogen-bond acceptors (Lipinski definition) is 4. The van der Waals surface area contributed by atoms with E-state index in [0.29, 0.717) is 18.6 Å². The van der Waals surface area contributed by atoms with Crippen molar-refractivity contribution in [3.05, 3.63) is 65.2 Å². The lowest BCUT2D eigenvalue weighted by atomic mass is 9.89.